The molecular formula is C14H17F. The van der Waals surface area contributed by atoms with Gasteiger partial charge in [0.05, 0.1) is 0 Å². The van der Waals surface area contributed by atoms with Gasteiger partial charge in [0, 0.05) is 0 Å². The summed E-state index contributed by atoms with van der Waals surface area (Å²) in [7, 11) is 0. The third-order valence-electron chi connectivity index (χ3n) is 3.90. The normalized spacial score (nSPS) is 19.5. The second kappa shape index (κ2) is 3.62. The van der Waals surface area contributed by atoms with Crippen LogP contribution >= 0.6 is 0 Å². The van der Waals surface area contributed by atoms with Crippen molar-refractivity contribution in [3.8, 4) is 0 Å². The molecule has 2 aliphatic carbocycles. The van der Waals surface area contributed by atoms with Crippen LogP contribution in [0, 0.1) is 5.82 Å². The zero-order chi connectivity index (χ0) is 10.3. The Labute approximate surface area is 90.5 Å². The SMILES string of the molecule is Fc1c2c(cc3c1CCCC3)CCCC2. The minimum Gasteiger partial charge on any atom is -0.206 e. The summed E-state index contributed by atoms with van der Waals surface area (Å²) in [5.41, 5.74) is 4.70. The third-order valence-corrected chi connectivity index (χ3v) is 3.90. The van der Waals surface area contributed by atoms with Crippen molar-refractivity contribution >= 4 is 0 Å². The zero-order valence-electron chi connectivity index (χ0n) is 9.11. The van der Waals surface area contributed by atoms with Gasteiger partial charge in [0.25, 0.3) is 0 Å². The monoisotopic (exact) mass is 204 g/mol. The van der Waals surface area contributed by atoms with E-state index in [0.29, 0.717) is 0 Å². The molecule has 1 aromatic rings. The number of halogens is 1. The Balaban J connectivity index is 2.16. The topological polar surface area (TPSA) is 0 Å². The highest BCUT2D eigenvalue weighted by Crippen LogP contribution is 2.32. The second-order valence-electron chi connectivity index (χ2n) is 4.88. The van der Waals surface area contributed by atoms with Crippen LogP contribution < -0.4 is 0 Å². The lowest BCUT2D eigenvalue weighted by Gasteiger charge is -2.23. The second-order valence-corrected chi connectivity index (χ2v) is 4.88. The van der Waals surface area contributed by atoms with E-state index >= 15 is 0 Å². The van der Waals surface area contributed by atoms with Gasteiger partial charge in [-0.1, -0.05) is 6.07 Å². The molecule has 0 radical (unpaired) electrons. The molecule has 0 atom stereocenters. The number of aryl methyl sites for hydroxylation is 2. The van der Waals surface area contributed by atoms with Gasteiger partial charge in [-0.15, -0.1) is 0 Å². The molecule has 2 aliphatic rings. The molecular weight excluding hydrogens is 187 g/mol. The van der Waals surface area contributed by atoms with Crippen LogP contribution in [0.2, 0.25) is 0 Å². The van der Waals surface area contributed by atoms with Crippen LogP contribution in [-0.4, -0.2) is 0 Å². The number of fused-ring (bicyclic) bond motifs is 2. The van der Waals surface area contributed by atoms with Crippen molar-refractivity contribution < 1.29 is 4.39 Å². The standard InChI is InChI=1S/C14H17F/c15-14-12-7-3-1-5-10(12)9-11-6-2-4-8-13(11)14/h9H,1-8H2. The van der Waals surface area contributed by atoms with Gasteiger partial charge in [0.1, 0.15) is 5.82 Å². The summed E-state index contributed by atoms with van der Waals surface area (Å²) in [6.07, 6.45) is 8.95. The molecule has 3 rings (SSSR count). The molecule has 0 heterocycles. The first-order valence-corrected chi connectivity index (χ1v) is 6.18. The first kappa shape index (κ1) is 9.38. The van der Waals surface area contributed by atoms with Crippen molar-refractivity contribution in [1.29, 1.82) is 0 Å². The molecule has 1 heteroatoms. The summed E-state index contributed by atoms with van der Waals surface area (Å²) in [6, 6.07) is 2.30. The van der Waals surface area contributed by atoms with E-state index in [1.807, 2.05) is 0 Å². The van der Waals surface area contributed by atoms with Crippen molar-refractivity contribution in [3.63, 3.8) is 0 Å². The van der Waals surface area contributed by atoms with Gasteiger partial charge in [-0.3, -0.25) is 0 Å². The van der Waals surface area contributed by atoms with Crippen LogP contribution in [0.3, 0.4) is 0 Å². The minimum atomic E-state index is 0.155. The highest BCUT2D eigenvalue weighted by molar-refractivity contribution is 5.42. The van der Waals surface area contributed by atoms with Gasteiger partial charge in [-0.05, 0) is 73.6 Å². The number of benzene rings is 1. The highest BCUT2D eigenvalue weighted by Gasteiger charge is 2.21. The maximum atomic E-state index is 14.2. The van der Waals surface area contributed by atoms with Crippen LogP contribution in [0.25, 0.3) is 0 Å². The molecule has 80 valence electrons. The average molecular weight is 204 g/mol. The first-order valence-electron chi connectivity index (χ1n) is 6.18. The van der Waals surface area contributed by atoms with Gasteiger partial charge in [0.2, 0.25) is 0 Å². The molecule has 15 heavy (non-hydrogen) atoms. The summed E-state index contributed by atoms with van der Waals surface area (Å²) in [4.78, 5) is 0. The van der Waals surface area contributed by atoms with E-state index in [9.17, 15) is 4.39 Å². The predicted octanol–water partition coefficient (Wildman–Crippen LogP) is 3.58. The molecule has 0 N–H and O–H groups in total. The van der Waals surface area contributed by atoms with E-state index in [1.165, 1.54) is 36.8 Å². The lowest BCUT2D eigenvalue weighted by molar-refractivity contribution is 0.544. The maximum absolute atomic E-state index is 14.2. The van der Waals surface area contributed by atoms with Crippen LogP contribution in [0.15, 0.2) is 6.07 Å². The Morgan fingerprint density at radius 2 is 1.20 bits per heavy atom. The minimum absolute atomic E-state index is 0.155. The molecule has 0 saturated heterocycles. The zero-order valence-corrected chi connectivity index (χ0v) is 9.11. The van der Waals surface area contributed by atoms with Gasteiger partial charge in [0.15, 0.2) is 0 Å². The fraction of sp³-hybridized carbons (Fsp3) is 0.571. The number of hydrogen-bond donors (Lipinski definition) is 0. The van der Waals surface area contributed by atoms with Crippen molar-refractivity contribution in [2.75, 3.05) is 0 Å². The molecule has 0 spiro atoms. The van der Waals surface area contributed by atoms with Crippen LogP contribution in [-0.2, 0) is 25.7 Å². The summed E-state index contributed by atoms with van der Waals surface area (Å²) >= 11 is 0. The molecule has 0 fully saturated rings. The molecule has 0 unspecified atom stereocenters. The smallest absolute Gasteiger partial charge is 0.130 e. The average Bonchev–Trinajstić information content (AvgIpc) is 2.30. The van der Waals surface area contributed by atoms with E-state index < -0.39 is 0 Å². The Kier molecular flexibility index (Phi) is 2.27. The fourth-order valence-electron chi connectivity index (χ4n) is 3.07. The molecule has 0 saturated carbocycles. The van der Waals surface area contributed by atoms with E-state index in [-0.39, 0.29) is 5.82 Å². The Bertz CT molecular complexity index is 359. The molecule has 0 bridgehead atoms. The first-order chi connectivity index (χ1) is 7.36. The predicted molar refractivity (Wildman–Crippen MR) is 59.7 cm³/mol. The van der Waals surface area contributed by atoms with E-state index in [4.69, 9.17) is 0 Å². The van der Waals surface area contributed by atoms with Gasteiger partial charge >= 0.3 is 0 Å². The quantitative estimate of drug-likeness (QED) is 0.606. The summed E-state index contributed by atoms with van der Waals surface area (Å²) in [5.74, 6) is 0.155. The maximum Gasteiger partial charge on any atom is 0.130 e. The van der Waals surface area contributed by atoms with E-state index in [0.717, 1.165) is 36.8 Å². The molecule has 0 aromatic heterocycles. The molecule has 0 aliphatic heterocycles. The van der Waals surface area contributed by atoms with E-state index in [1.54, 1.807) is 0 Å². The molecule has 0 amide bonds. The van der Waals surface area contributed by atoms with Gasteiger partial charge in [-0.2, -0.15) is 0 Å². The Morgan fingerprint density at radius 3 is 1.73 bits per heavy atom. The number of hydrogen-bond acceptors (Lipinski definition) is 0. The van der Waals surface area contributed by atoms with Gasteiger partial charge in [-0.25, -0.2) is 4.39 Å². The van der Waals surface area contributed by atoms with Gasteiger partial charge < -0.3 is 0 Å². The number of rotatable bonds is 0. The van der Waals surface area contributed by atoms with Crippen LogP contribution in [0.1, 0.15) is 47.9 Å². The lowest BCUT2D eigenvalue weighted by Crippen LogP contribution is -2.13. The van der Waals surface area contributed by atoms with Crippen molar-refractivity contribution in [3.05, 3.63) is 34.1 Å². The largest absolute Gasteiger partial charge is 0.206 e. The van der Waals surface area contributed by atoms with Crippen LogP contribution in [0.5, 0.6) is 0 Å². The lowest BCUT2D eigenvalue weighted by atomic mass is 9.83. The van der Waals surface area contributed by atoms with Crippen molar-refractivity contribution in [2.45, 2.75) is 51.4 Å². The van der Waals surface area contributed by atoms with E-state index in [2.05, 4.69) is 6.07 Å². The van der Waals surface area contributed by atoms with Crippen molar-refractivity contribution in [2.24, 2.45) is 0 Å². The summed E-state index contributed by atoms with van der Waals surface area (Å²) in [5, 5.41) is 0. The van der Waals surface area contributed by atoms with Crippen molar-refractivity contribution in [1.82, 2.24) is 0 Å². The van der Waals surface area contributed by atoms with Crippen LogP contribution in [0.4, 0.5) is 4.39 Å². The summed E-state index contributed by atoms with van der Waals surface area (Å²) < 4.78 is 14.2. The highest BCUT2D eigenvalue weighted by atomic mass is 19.1. The molecule has 0 nitrogen and oxygen atoms in total. The summed E-state index contributed by atoms with van der Waals surface area (Å²) in [6.45, 7) is 0. The third kappa shape index (κ3) is 1.49. The Hall–Kier alpha value is -0.850. The Morgan fingerprint density at radius 1 is 0.733 bits per heavy atom. The molecule has 1 aromatic carbocycles. The fourth-order valence-corrected chi connectivity index (χ4v) is 3.07.